The number of carbonyl (C=O) groups is 4. The Hall–Kier alpha value is -3.57. The fourth-order valence-electron chi connectivity index (χ4n) is 6.50. The molecule has 3 fully saturated rings. The highest BCUT2D eigenvalue weighted by Gasteiger charge is 2.42. The van der Waals surface area contributed by atoms with Gasteiger partial charge in [-0.3, -0.25) is 19.2 Å². The summed E-state index contributed by atoms with van der Waals surface area (Å²) in [6.45, 7) is 10.8. The van der Waals surface area contributed by atoms with E-state index in [0.29, 0.717) is 53.4 Å². The third-order valence-electron chi connectivity index (χ3n) is 9.01. The van der Waals surface area contributed by atoms with Crippen LogP contribution >= 0.6 is 11.6 Å². The van der Waals surface area contributed by atoms with Gasteiger partial charge in [0.15, 0.2) is 0 Å². The molecule has 1 aromatic heterocycles. The summed E-state index contributed by atoms with van der Waals surface area (Å²) >= 11 is 6.42. The number of aromatic nitrogens is 2. The molecule has 2 atom stereocenters. The van der Waals surface area contributed by atoms with Gasteiger partial charge in [0.25, 0.3) is 5.91 Å². The molecule has 3 saturated heterocycles. The van der Waals surface area contributed by atoms with Gasteiger partial charge in [-0.05, 0) is 63.3 Å². The number of hydrogen-bond acceptors (Lipinski definition) is 7. The number of anilines is 1. The zero-order chi connectivity index (χ0) is 30.8. The molecule has 5 rings (SSSR count). The van der Waals surface area contributed by atoms with E-state index in [-0.39, 0.29) is 36.5 Å². The van der Waals surface area contributed by atoms with Gasteiger partial charge in [-0.15, -0.1) is 0 Å². The number of nitrogens with zero attached hydrogens (tertiary/aromatic N) is 6. The van der Waals surface area contributed by atoms with Crippen LogP contribution < -0.4 is 4.90 Å². The number of likely N-dealkylation sites (tertiary alicyclic amines) is 3. The van der Waals surface area contributed by atoms with E-state index >= 15 is 0 Å². The number of carboxylic acids is 1. The van der Waals surface area contributed by atoms with Gasteiger partial charge in [0, 0.05) is 62.9 Å². The largest absolute Gasteiger partial charge is 0.481 e. The van der Waals surface area contributed by atoms with Crippen molar-refractivity contribution in [1.82, 2.24) is 24.7 Å². The molecule has 3 aliphatic heterocycles. The van der Waals surface area contributed by atoms with E-state index in [1.807, 2.05) is 43.9 Å². The number of halogens is 1. The van der Waals surface area contributed by atoms with E-state index in [9.17, 15) is 19.2 Å². The maximum atomic E-state index is 13.6. The minimum Gasteiger partial charge on any atom is -0.481 e. The van der Waals surface area contributed by atoms with Crippen LogP contribution in [-0.2, 0) is 14.4 Å². The van der Waals surface area contributed by atoms with Gasteiger partial charge in [-0.1, -0.05) is 17.7 Å². The number of carbonyl (C=O) groups excluding carboxylic acids is 3. The fraction of sp³-hybridized carbons (Fsp3) is 0.548. The van der Waals surface area contributed by atoms with Crippen molar-refractivity contribution in [3.8, 4) is 0 Å². The van der Waals surface area contributed by atoms with Crippen LogP contribution in [0.25, 0.3) is 0 Å². The van der Waals surface area contributed by atoms with E-state index in [1.54, 1.807) is 9.80 Å². The molecule has 4 heterocycles. The number of rotatable bonds is 10. The molecule has 0 bridgehead atoms. The molecule has 1 aromatic carbocycles. The fourth-order valence-corrected chi connectivity index (χ4v) is 6.67. The maximum absolute atomic E-state index is 13.6. The summed E-state index contributed by atoms with van der Waals surface area (Å²) in [5.41, 5.74) is 3.70. The number of carboxylic acid groups (broad SMARTS) is 1. The van der Waals surface area contributed by atoms with Crippen LogP contribution in [0.2, 0.25) is 5.02 Å². The Morgan fingerprint density at radius 1 is 0.930 bits per heavy atom. The molecule has 2 aromatic rings. The molecule has 0 radical (unpaired) electrons. The average molecular weight is 611 g/mol. The summed E-state index contributed by atoms with van der Waals surface area (Å²) in [5.74, 6) is -0.774. The summed E-state index contributed by atoms with van der Waals surface area (Å²) in [7, 11) is 0. The van der Waals surface area contributed by atoms with Crippen molar-refractivity contribution in [3.63, 3.8) is 0 Å². The number of hydrogen-bond donors (Lipinski definition) is 1. The normalized spacial score (nSPS) is 20.2. The molecule has 0 aliphatic carbocycles. The molecule has 11 nitrogen and oxygen atoms in total. The second-order valence-corrected chi connectivity index (χ2v) is 12.5. The number of benzene rings is 1. The lowest BCUT2D eigenvalue weighted by Crippen LogP contribution is -2.56. The van der Waals surface area contributed by atoms with Crippen molar-refractivity contribution in [2.24, 2.45) is 17.8 Å². The Morgan fingerprint density at radius 2 is 1.58 bits per heavy atom. The van der Waals surface area contributed by atoms with Crippen LogP contribution in [0, 0.1) is 38.5 Å². The Labute approximate surface area is 256 Å². The third-order valence-corrected chi connectivity index (χ3v) is 9.42. The molecule has 3 amide bonds. The van der Waals surface area contributed by atoms with Crippen LogP contribution in [0.1, 0.15) is 46.6 Å². The van der Waals surface area contributed by atoms with Crippen molar-refractivity contribution in [1.29, 1.82) is 0 Å². The molecule has 3 aliphatic rings. The Balaban J connectivity index is 1.15. The second kappa shape index (κ2) is 13.0. The molecule has 2 unspecified atom stereocenters. The number of aryl methyl sites for hydroxylation is 3. The van der Waals surface area contributed by atoms with Gasteiger partial charge in [0.05, 0.1) is 29.3 Å². The van der Waals surface area contributed by atoms with Crippen molar-refractivity contribution in [2.75, 3.05) is 57.3 Å². The lowest BCUT2D eigenvalue weighted by atomic mass is 9.97. The Bertz CT molecular complexity index is 1380. The van der Waals surface area contributed by atoms with E-state index in [0.717, 1.165) is 50.4 Å². The predicted molar refractivity (Wildman–Crippen MR) is 161 cm³/mol. The summed E-state index contributed by atoms with van der Waals surface area (Å²) in [6, 6.07) is 5.62. The van der Waals surface area contributed by atoms with E-state index < -0.39 is 5.97 Å². The predicted octanol–water partition coefficient (Wildman–Crippen LogP) is 2.81. The van der Waals surface area contributed by atoms with Gasteiger partial charge in [0.2, 0.25) is 11.8 Å². The van der Waals surface area contributed by atoms with Gasteiger partial charge in [-0.2, -0.15) is 0 Å². The summed E-state index contributed by atoms with van der Waals surface area (Å²) in [5, 5.41) is 9.44. The van der Waals surface area contributed by atoms with Crippen LogP contribution in [0.5, 0.6) is 0 Å². The number of fused-ring (bicyclic) bond motifs is 1. The Kier molecular flexibility index (Phi) is 9.31. The second-order valence-electron chi connectivity index (χ2n) is 12.1. The lowest BCUT2D eigenvalue weighted by Gasteiger charge is -2.41. The SMILES string of the molecule is Cc1ccc(N(CCCN2CC3CN(C(=O)c4c(C)ncnc4C)CC3C2)C(=O)C2CN(C(=O)CCC(=O)O)C2)cc1Cl. The first kappa shape index (κ1) is 30.9. The zero-order valence-electron chi connectivity index (χ0n) is 25.0. The Morgan fingerprint density at radius 3 is 2.19 bits per heavy atom. The minimum absolute atomic E-state index is 0.0145. The van der Waals surface area contributed by atoms with E-state index in [4.69, 9.17) is 16.7 Å². The molecular formula is C31H39ClN6O5. The third kappa shape index (κ3) is 6.83. The smallest absolute Gasteiger partial charge is 0.303 e. The molecule has 1 N–H and O–H groups in total. The summed E-state index contributed by atoms with van der Waals surface area (Å²) in [4.78, 5) is 66.0. The van der Waals surface area contributed by atoms with Crippen LogP contribution in [-0.4, -0.2) is 106 Å². The van der Waals surface area contributed by atoms with Crippen molar-refractivity contribution in [3.05, 3.63) is 52.1 Å². The van der Waals surface area contributed by atoms with E-state index in [1.165, 1.54) is 6.33 Å². The van der Waals surface area contributed by atoms with Crippen molar-refractivity contribution < 1.29 is 24.3 Å². The standard InChI is InChI=1S/C31H39ClN6O5/c1-19-5-6-25(11-26(19)32)38(30(42)24-16-36(17-24)27(39)7-8-28(40)41)10-4-9-35-12-22-14-37(15-23(22)13-35)31(43)29-20(2)33-18-34-21(29)3/h5-6,11,18,22-24H,4,7-10,12-17H2,1-3H3,(H,40,41). The maximum Gasteiger partial charge on any atom is 0.303 e. The molecule has 0 saturated carbocycles. The van der Waals surface area contributed by atoms with Gasteiger partial charge >= 0.3 is 5.97 Å². The monoisotopic (exact) mass is 610 g/mol. The van der Waals surface area contributed by atoms with Crippen LogP contribution in [0.4, 0.5) is 5.69 Å². The first-order chi connectivity index (χ1) is 20.5. The molecule has 43 heavy (non-hydrogen) atoms. The highest BCUT2D eigenvalue weighted by molar-refractivity contribution is 6.31. The van der Waals surface area contributed by atoms with Crippen LogP contribution in [0.3, 0.4) is 0 Å². The number of amides is 3. The number of aliphatic carboxylic acids is 1. The average Bonchev–Trinajstić information content (AvgIpc) is 3.50. The molecular weight excluding hydrogens is 572 g/mol. The molecule has 230 valence electrons. The van der Waals surface area contributed by atoms with Gasteiger partial charge < -0.3 is 24.7 Å². The first-order valence-electron chi connectivity index (χ1n) is 14.9. The highest BCUT2D eigenvalue weighted by Crippen LogP contribution is 2.33. The van der Waals surface area contributed by atoms with Gasteiger partial charge in [-0.25, -0.2) is 9.97 Å². The molecule has 12 heteroatoms. The topological polar surface area (TPSA) is 127 Å². The zero-order valence-corrected chi connectivity index (χ0v) is 25.7. The van der Waals surface area contributed by atoms with Crippen molar-refractivity contribution in [2.45, 2.75) is 40.0 Å². The van der Waals surface area contributed by atoms with E-state index in [2.05, 4.69) is 14.9 Å². The highest BCUT2D eigenvalue weighted by atomic mass is 35.5. The quantitative estimate of drug-likeness (QED) is 0.435. The minimum atomic E-state index is -1.01. The first-order valence-corrected chi connectivity index (χ1v) is 15.3. The summed E-state index contributed by atoms with van der Waals surface area (Å²) < 4.78 is 0. The van der Waals surface area contributed by atoms with Crippen LogP contribution in [0.15, 0.2) is 24.5 Å². The van der Waals surface area contributed by atoms with Crippen molar-refractivity contribution >= 4 is 41.0 Å². The summed E-state index contributed by atoms with van der Waals surface area (Å²) in [6.07, 6.45) is 1.99. The lowest BCUT2D eigenvalue weighted by molar-refractivity contribution is -0.146. The van der Waals surface area contributed by atoms with Gasteiger partial charge in [0.1, 0.15) is 6.33 Å². The molecule has 0 spiro atoms.